The van der Waals surface area contributed by atoms with Gasteiger partial charge in [0.25, 0.3) is 0 Å². The lowest BCUT2D eigenvalue weighted by Gasteiger charge is -1.96. The SMILES string of the molecule is Cc1cn(I)c2ccnc(C)c12. The van der Waals surface area contributed by atoms with Crippen molar-refractivity contribution in [3.05, 3.63) is 29.7 Å². The van der Waals surface area contributed by atoms with Gasteiger partial charge in [0.1, 0.15) is 0 Å². The van der Waals surface area contributed by atoms with Gasteiger partial charge < -0.3 is 0 Å². The van der Waals surface area contributed by atoms with Gasteiger partial charge in [-0.05, 0) is 25.5 Å². The molecule has 2 heterocycles. The molecule has 0 fully saturated rings. The first-order chi connectivity index (χ1) is 5.70. The molecule has 3 heteroatoms. The number of hydrogen-bond donors (Lipinski definition) is 0. The van der Waals surface area contributed by atoms with E-state index in [9.17, 15) is 0 Å². The van der Waals surface area contributed by atoms with Gasteiger partial charge in [-0.2, -0.15) is 0 Å². The van der Waals surface area contributed by atoms with Gasteiger partial charge in [-0.3, -0.25) is 7.76 Å². The fraction of sp³-hybridized carbons (Fsp3) is 0.222. The fourth-order valence-electron chi connectivity index (χ4n) is 1.52. The van der Waals surface area contributed by atoms with E-state index in [-0.39, 0.29) is 0 Å². The Morgan fingerprint density at radius 1 is 1.42 bits per heavy atom. The van der Waals surface area contributed by atoms with Gasteiger partial charge in [0, 0.05) is 23.5 Å². The Kier molecular flexibility index (Phi) is 1.83. The van der Waals surface area contributed by atoms with E-state index < -0.39 is 0 Å². The van der Waals surface area contributed by atoms with E-state index in [0.29, 0.717) is 0 Å². The van der Waals surface area contributed by atoms with Crippen molar-refractivity contribution in [2.45, 2.75) is 13.8 Å². The minimum absolute atomic E-state index is 1.11. The Morgan fingerprint density at radius 2 is 2.17 bits per heavy atom. The maximum atomic E-state index is 4.26. The van der Waals surface area contributed by atoms with Gasteiger partial charge in [-0.25, -0.2) is 0 Å². The summed E-state index contributed by atoms with van der Waals surface area (Å²) < 4.78 is 2.11. The topological polar surface area (TPSA) is 17.8 Å². The Bertz CT molecular complexity index is 431. The normalized spacial score (nSPS) is 10.9. The Balaban J connectivity index is 2.99. The molecule has 0 saturated carbocycles. The van der Waals surface area contributed by atoms with Gasteiger partial charge in [-0.1, -0.05) is 0 Å². The summed E-state index contributed by atoms with van der Waals surface area (Å²) in [6.07, 6.45) is 3.98. The van der Waals surface area contributed by atoms with Crippen LogP contribution >= 0.6 is 22.9 Å². The third-order valence-electron chi connectivity index (χ3n) is 2.05. The quantitative estimate of drug-likeness (QED) is 0.674. The van der Waals surface area contributed by atoms with Crippen molar-refractivity contribution in [2.75, 3.05) is 0 Å². The highest BCUT2D eigenvalue weighted by atomic mass is 127. The average Bonchev–Trinajstić information content (AvgIpc) is 2.29. The summed E-state index contributed by atoms with van der Waals surface area (Å²) in [6.45, 7) is 4.16. The molecular formula is C9H9IN2. The Labute approximate surface area is 85.1 Å². The molecule has 2 aromatic heterocycles. The number of pyridine rings is 1. The zero-order chi connectivity index (χ0) is 8.72. The number of aromatic nitrogens is 2. The Hall–Kier alpha value is -0.580. The number of fused-ring (bicyclic) bond motifs is 1. The summed E-state index contributed by atoms with van der Waals surface area (Å²) in [6, 6.07) is 2.04. The van der Waals surface area contributed by atoms with Crippen molar-refractivity contribution >= 4 is 33.8 Å². The summed E-state index contributed by atoms with van der Waals surface area (Å²) in [7, 11) is 0. The second-order valence-corrected chi connectivity index (χ2v) is 3.95. The van der Waals surface area contributed by atoms with Gasteiger partial charge >= 0.3 is 0 Å². The van der Waals surface area contributed by atoms with Crippen molar-refractivity contribution in [3.8, 4) is 0 Å². The molecule has 0 saturated heterocycles. The minimum Gasteiger partial charge on any atom is -0.289 e. The number of hydrogen-bond acceptors (Lipinski definition) is 1. The monoisotopic (exact) mass is 272 g/mol. The lowest BCUT2D eigenvalue weighted by Crippen LogP contribution is -1.82. The van der Waals surface area contributed by atoms with E-state index in [4.69, 9.17) is 0 Å². The minimum atomic E-state index is 1.11. The molecule has 0 aliphatic heterocycles. The molecule has 0 unspecified atom stereocenters. The maximum Gasteiger partial charge on any atom is 0.0640 e. The molecule has 0 atom stereocenters. The van der Waals surface area contributed by atoms with E-state index in [1.54, 1.807) is 0 Å². The van der Waals surface area contributed by atoms with E-state index in [1.807, 2.05) is 19.2 Å². The molecule has 0 amide bonds. The molecule has 0 aliphatic rings. The van der Waals surface area contributed by atoms with Crippen molar-refractivity contribution in [1.82, 2.24) is 7.76 Å². The number of aryl methyl sites for hydroxylation is 2. The van der Waals surface area contributed by atoms with Crippen LogP contribution in [0.3, 0.4) is 0 Å². The third-order valence-corrected chi connectivity index (χ3v) is 2.85. The van der Waals surface area contributed by atoms with Gasteiger partial charge in [0.15, 0.2) is 0 Å². The standard InChI is InChI=1S/C9H9IN2/c1-6-5-12(10)8-3-4-11-7(2)9(6)8/h3-5H,1-2H3. The molecule has 2 nitrogen and oxygen atoms in total. The summed E-state index contributed by atoms with van der Waals surface area (Å²) in [5.74, 6) is 0. The molecule has 0 N–H and O–H groups in total. The Morgan fingerprint density at radius 3 is 2.83 bits per heavy atom. The first kappa shape index (κ1) is 8.04. The second-order valence-electron chi connectivity index (χ2n) is 2.91. The van der Waals surface area contributed by atoms with Crippen molar-refractivity contribution in [3.63, 3.8) is 0 Å². The molecule has 2 aromatic rings. The summed E-state index contributed by atoms with van der Waals surface area (Å²) in [5, 5.41) is 1.28. The van der Waals surface area contributed by atoms with Gasteiger partial charge in [0.05, 0.1) is 28.4 Å². The van der Waals surface area contributed by atoms with Crippen LogP contribution in [0.1, 0.15) is 11.3 Å². The number of nitrogens with zero attached hydrogens (tertiary/aromatic N) is 2. The molecule has 0 spiro atoms. The highest BCUT2D eigenvalue weighted by molar-refractivity contribution is 14.1. The summed E-state index contributed by atoms with van der Waals surface area (Å²) in [5.41, 5.74) is 3.66. The molecule has 0 radical (unpaired) electrons. The molecular weight excluding hydrogens is 263 g/mol. The van der Waals surface area contributed by atoms with Crippen LogP contribution in [-0.4, -0.2) is 7.76 Å². The third kappa shape index (κ3) is 1.03. The first-order valence-electron chi connectivity index (χ1n) is 3.79. The molecule has 2 rings (SSSR count). The maximum absolute atomic E-state index is 4.26. The predicted octanol–water partition coefficient (Wildman–Crippen LogP) is 2.85. The molecule has 12 heavy (non-hydrogen) atoms. The van der Waals surface area contributed by atoms with Crippen molar-refractivity contribution in [1.29, 1.82) is 0 Å². The van der Waals surface area contributed by atoms with E-state index in [2.05, 4.69) is 43.7 Å². The molecule has 0 bridgehead atoms. The smallest absolute Gasteiger partial charge is 0.0640 e. The van der Waals surface area contributed by atoms with Crippen LogP contribution in [-0.2, 0) is 0 Å². The van der Waals surface area contributed by atoms with Crippen molar-refractivity contribution < 1.29 is 0 Å². The molecule has 0 aliphatic carbocycles. The van der Waals surface area contributed by atoms with Crippen LogP contribution in [0.5, 0.6) is 0 Å². The lowest BCUT2D eigenvalue weighted by atomic mass is 10.2. The predicted molar refractivity (Wildman–Crippen MR) is 58.6 cm³/mol. The van der Waals surface area contributed by atoms with Crippen LogP contribution in [0.2, 0.25) is 0 Å². The van der Waals surface area contributed by atoms with Gasteiger partial charge in [0.2, 0.25) is 0 Å². The summed E-state index contributed by atoms with van der Waals surface area (Å²) in [4.78, 5) is 4.26. The van der Waals surface area contributed by atoms with Crippen LogP contribution in [0.15, 0.2) is 18.5 Å². The van der Waals surface area contributed by atoms with Crippen LogP contribution in [0.4, 0.5) is 0 Å². The molecule has 0 aromatic carbocycles. The highest BCUT2D eigenvalue weighted by Gasteiger charge is 2.05. The van der Waals surface area contributed by atoms with E-state index >= 15 is 0 Å². The average molecular weight is 272 g/mol. The fourth-order valence-corrected chi connectivity index (χ4v) is 2.34. The highest BCUT2D eigenvalue weighted by Crippen LogP contribution is 2.23. The van der Waals surface area contributed by atoms with Crippen molar-refractivity contribution in [2.24, 2.45) is 0 Å². The lowest BCUT2D eigenvalue weighted by molar-refractivity contribution is 1.23. The largest absolute Gasteiger partial charge is 0.289 e. The number of rotatable bonds is 0. The van der Waals surface area contributed by atoms with E-state index in [1.165, 1.54) is 16.5 Å². The van der Waals surface area contributed by atoms with Crippen LogP contribution < -0.4 is 0 Å². The van der Waals surface area contributed by atoms with Crippen LogP contribution in [0.25, 0.3) is 10.9 Å². The van der Waals surface area contributed by atoms with E-state index in [0.717, 1.165) is 5.69 Å². The summed E-state index contributed by atoms with van der Waals surface area (Å²) >= 11 is 2.28. The van der Waals surface area contributed by atoms with Gasteiger partial charge in [-0.15, -0.1) is 0 Å². The number of halogens is 1. The first-order valence-corrected chi connectivity index (χ1v) is 4.76. The zero-order valence-corrected chi connectivity index (χ0v) is 9.16. The van der Waals surface area contributed by atoms with Crippen LogP contribution in [0, 0.1) is 13.8 Å². The second kappa shape index (κ2) is 2.73. The molecule has 62 valence electrons. The zero-order valence-electron chi connectivity index (χ0n) is 7.00.